The van der Waals surface area contributed by atoms with Gasteiger partial charge in [0, 0.05) is 0 Å². The van der Waals surface area contributed by atoms with E-state index in [1.807, 2.05) is 45.0 Å². The number of nitrogens with two attached hydrogens (primary N) is 1. The number of benzene rings is 1. The van der Waals surface area contributed by atoms with Crippen LogP contribution in [-0.2, 0) is 4.79 Å². The Balaban J connectivity index is 0.00000361. The Morgan fingerprint density at radius 2 is 2.15 bits per heavy atom. The number of halogens is 1. The number of carbonyl (C=O) groups is 1. The van der Waals surface area contributed by atoms with Gasteiger partial charge in [0.25, 0.3) is 0 Å². The molecule has 0 aromatic heterocycles. The largest absolute Gasteiger partial charge is 0.489 e. The van der Waals surface area contributed by atoms with Crippen molar-refractivity contribution in [3.8, 4) is 5.75 Å². The molecule has 1 rings (SSSR count). The zero-order valence-corrected chi connectivity index (χ0v) is 13.2. The van der Waals surface area contributed by atoms with E-state index >= 15 is 0 Å². The van der Waals surface area contributed by atoms with Gasteiger partial charge in [-0.1, -0.05) is 25.5 Å². The van der Waals surface area contributed by atoms with E-state index in [0.717, 1.165) is 17.7 Å². The summed E-state index contributed by atoms with van der Waals surface area (Å²) in [5.74, 6) is 0.709. The Labute approximate surface area is 127 Å². The topological polar surface area (TPSA) is 64.4 Å². The molecule has 3 N–H and O–H groups in total. The zero-order valence-electron chi connectivity index (χ0n) is 12.4. The summed E-state index contributed by atoms with van der Waals surface area (Å²) in [7, 11) is 0. The monoisotopic (exact) mass is 300 g/mol. The molecule has 4 nitrogen and oxygen atoms in total. The second-order valence-corrected chi connectivity index (χ2v) is 4.89. The smallest absolute Gasteiger partial charge is 0.237 e. The second-order valence-electron chi connectivity index (χ2n) is 4.89. The molecule has 0 aliphatic rings. The van der Waals surface area contributed by atoms with Crippen LogP contribution in [0.15, 0.2) is 24.3 Å². The number of carbonyl (C=O) groups excluding carboxylic acids is 1. The molecule has 0 saturated carbocycles. The van der Waals surface area contributed by atoms with Gasteiger partial charge in [0.15, 0.2) is 0 Å². The van der Waals surface area contributed by atoms with E-state index in [1.54, 1.807) is 0 Å². The van der Waals surface area contributed by atoms with E-state index in [4.69, 9.17) is 10.5 Å². The molecule has 20 heavy (non-hydrogen) atoms. The maximum atomic E-state index is 11.7. The first-order valence-corrected chi connectivity index (χ1v) is 6.79. The third-order valence-electron chi connectivity index (χ3n) is 2.83. The van der Waals surface area contributed by atoms with Gasteiger partial charge >= 0.3 is 0 Å². The number of ether oxygens (including phenoxy) is 1. The number of hydrogen-bond acceptors (Lipinski definition) is 3. The lowest BCUT2D eigenvalue weighted by Gasteiger charge is -2.17. The molecule has 114 valence electrons. The van der Waals surface area contributed by atoms with Crippen LogP contribution in [0.2, 0.25) is 0 Å². The third-order valence-corrected chi connectivity index (χ3v) is 2.83. The summed E-state index contributed by atoms with van der Waals surface area (Å²) in [5, 5.41) is 2.81. The molecule has 0 heterocycles. The molecule has 1 aromatic carbocycles. The molecule has 2 atom stereocenters. The first-order chi connectivity index (χ1) is 9.02. The van der Waals surface area contributed by atoms with E-state index < -0.39 is 6.04 Å². The molecular formula is C15H25ClN2O2. The lowest BCUT2D eigenvalue weighted by molar-refractivity contribution is -0.122. The molecule has 2 unspecified atom stereocenters. The second kappa shape index (κ2) is 9.61. The molecule has 0 saturated heterocycles. The van der Waals surface area contributed by atoms with Gasteiger partial charge in [-0.25, -0.2) is 0 Å². The zero-order chi connectivity index (χ0) is 14.3. The molecule has 0 spiro atoms. The van der Waals surface area contributed by atoms with Gasteiger partial charge in [-0.05, 0) is 38.0 Å². The number of amides is 1. The summed E-state index contributed by atoms with van der Waals surface area (Å²) in [6.45, 7) is 6.41. The van der Waals surface area contributed by atoms with E-state index in [9.17, 15) is 4.79 Å². The summed E-state index contributed by atoms with van der Waals surface area (Å²) >= 11 is 0. The van der Waals surface area contributed by atoms with E-state index in [1.165, 1.54) is 0 Å². The van der Waals surface area contributed by atoms with Crippen LogP contribution in [0.5, 0.6) is 5.75 Å². The van der Waals surface area contributed by atoms with Gasteiger partial charge in [-0.3, -0.25) is 4.79 Å². The quantitative estimate of drug-likeness (QED) is 0.813. The Morgan fingerprint density at radius 1 is 1.45 bits per heavy atom. The van der Waals surface area contributed by atoms with Crippen LogP contribution in [0.25, 0.3) is 0 Å². The molecule has 5 heteroatoms. The highest BCUT2D eigenvalue weighted by Gasteiger charge is 2.13. The van der Waals surface area contributed by atoms with Crippen molar-refractivity contribution in [2.75, 3.05) is 6.54 Å². The van der Waals surface area contributed by atoms with E-state index in [2.05, 4.69) is 5.32 Å². The van der Waals surface area contributed by atoms with Crippen LogP contribution in [0, 0.1) is 6.92 Å². The van der Waals surface area contributed by atoms with Crippen LogP contribution < -0.4 is 15.8 Å². The molecule has 1 aromatic rings. The minimum Gasteiger partial charge on any atom is -0.489 e. The normalized spacial score (nSPS) is 13.0. The van der Waals surface area contributed by atoms with Crippen molar-refractivity contribution in [3.05, 3.63) is 29.8 Å². The maximum absolute atomic E-state index is 11.7. The summed E-state index contributed by atoms with van der Waals surface area (Å²) < 4.78 is 5.73. The maximum Gasteiger partial charge on any atom is 0.237 e. The summed E-state index contributed by atoms with van der Waals surface area (Å²) in [6, 6.07) is 7.43. The summed E-state index contributed by atoms with van der Waals surface area (Å²) in [5.41, 5.74) is 6.89. The van der Waals surface area contributed by atoms with Gasteiger partial charge < -0.3 is 15.8 Å². The van der Waals surface area contributed by atoms with E-state index in [0.29, 0.717) is 13.0 Å². The SMILES string of the molecule is CCCC(N)C(=O)NCC(C)Oc1cccc(C)c1.Cl. The fourth-order valence-electron chi connectivity index (χ4n) is 1.78. The standard InChI is InChI=1S/C15H24N2O2.ClH/c1-4-6-14(16)15(18)17-10-12(3)19-13-8-5-7-11(2)9-13;/h5,7-9,12,14H,4,6,10,16H2,1-3H3,(H,17,18);1H. The Bertz CT molecular complexity index is 413. The first-order valence-electron chi connectivity index (χ1n) is 6.79. The minimum atomic E-state index is -0.420. The molecule has 0 aliphatic heterocycles. The Morgan fingerprint density at radius 3 is 2.75 bits per heavy atom. The highest BCUT2D eigenvalue weighted by atomic mass is 35.5. The first kappa shape index (κ1) is 18.7. The van der Waals surface area contributed by atoms with Crippen LogP contribution in [-0.4, -0.2) is 24.6 Å². The summed E-state index contributed by atoms with van der Waals surface area (Å²) in [6.07, 6.45) is 1.53. The fourth-order valence-corrected chi connectivity index (χ4v) is 1.78. The molecule has 0 bridgehead atoms. The average molecular weight is 301 g/mol. The van der Waals surface area contributed by atoms with Gasteiger partial charge in [-0.2, -0.15) is 0 Å². The van der Waals surface area contributed by atoms with Crippen LogP contribution in [0.4, 0.5) is 0 Å². The molecule has 1 amide bonds. The van der Waals surface area contributed by atoms with Crippen molar-refractivity contribution in [1.82, 2.24) is 5.32 Å². The molecule has 0 fully saturated rings. The highest BCUT2D eigenvalue weighted by molar-refractivity contribution is 5.85. The van der Waals surface area contributed by atoms with Gasteiger partial charge in [0.1, 0.15) is 11.9 Å². The van der Waals surface area contributed by atoms with Crippen molar-refractivity contribution in [1.29, 1.82) is 0 Å². The van der Waals surface area contributed by atoms with E-state index in [-0.39, 0.29) is 24.4 Å². The molecule has 0 aliphatic carbocycles. The number of rotatable bonds is 7. The highest BCUT2D eigenvalue weighted by Crippen LogP contribution is 2.13. The average Bonchev–Trinajstić information content (AvgIpc) is 2.36. The number of hydrogen-bond donors (Lipinski definition) is 2. The van der Waals surface area contributed by atoms with Crippen molar-refractivity contribution in [2.24, 2.45) is 5.73 Å². The minimum absolute atomic E-state index is 0. The van der Waals surface area contributed by atoms with Crippen LogP contribution >= 0.6 is 12.4 Å². The van der Waals surface area contributed by atoms with Crippen molar-refractivity contribution >= 4 is 18.3 Å². The molecule has 0 radical (unpaired) electrons. The lowest BCUT2D eigenvalue weighted by Crippen LogP contribution is -2.43. The lowest BCUT2D eigenvalue weighted by atomic mass is 10.1. The predicted octanol–water partition coefficient (Wildman–Crippen LogP) is 2.43. The van der Waals surface area contributed by atoms with Crippen molar-refractivity contribution in [3.63, 3.8) is 0 Å². The number of nitrogens with one attached hydrogen (secondary N) is 1. The number of aryl methyl sites for hydroxylation is 1. The van der Waals surface area contributed by atoms with Gasteiger partial charge in [0.05, 0.1) is 12.6 Å². The van der Waals surface area contributed by atoms with Crippen molar-refractivity contribution in [2.45, 2.75) is 45.8 Å². The fraction of sp³-hybridized carbons (Fsp3) is 0.533. The van der Waals surface area contributed by atoms with Gasteiger partial charge in [0.2, 0.25) is 5.91 Å². The Hall–Kier alpha value is -1.26. The predicted molar refractivity (Wildman–Crippen MR) is 84.4 cm³/mol. The van der Waals surface area contributed by atoms with Crippen LogP contribution in [0.3, 0.4) is 0 Å². The Kier molecular flexibility index (Phi) is 9.01. The third kappa shape index (κ3) is 6.78. The summed E-state index contributed by atoms with van der Waals surface area (Å²) in [4.78, 5) is 11.7. The van der Waals surface area contributed by atoms with Crippen molar-refractivity contribution < 1.29 is 9.53 Å². The van der Waals surface area contributed by atoms with Gasteiger partial charge in [-0.15, -0.1) is 12.4 Å². The van der Waals surface area contributed by atoms with Crippen LogP contribution in [0.1, 0.15) is 32.3 Å². The molecular weight excluding hydrogens is 276 g/mol.